The number of amides is 1. The molecule has 1 saturated carbocycles. The van der Waals surface area contributed by atoms with E-state index in [2.05, 4.69) is 0 Å². The van der Waals surface area contributed by atoms with Crippen LogP contribution in [0.5, 0.6) is 5.75 Å². The van der Waals surface area contributed by atoms with Gasteiger partial charge in [0.05, 0.1) is 18.7 Å². The number of benzene rings is 2. The summed E-state index contributed by atoms with van der Waals surface area (Å²) in [6, 6.07) is 12.0. The third-order valence-corrected chi connectivity index (χ3v) is 6.38. The third-order valence-electron chi connectivity index (χ3n) is 5.82. The summed E-state index contributed by atoms with van der Waals surface area (Å²) in [6.07, 6.45) is 4.58. The molecule has 2 aromatic carbocycles. The van der Waals surface area contributed by atoms with Gasteiger partial charge in [-0.05, 0) is 56.0 Å². The second-order valence-electron chi connectivity index (χ2n) is 7.67. The number of carbonyl (C=O) groups excluding carboxylic acids is 2. The van der Waals surface area contributed by atoms with Crippen molar-refractivity contribution in [3.8, 4) is 5.75 Å². The van der Waals surface area contributed by atoms with Gasteiger partial charge in [-0.15, -0.1) is 0 Å². The van der Waals surface area contributed by atoms with Crippen LogP contribution in [0.25, 0.3) is 0 Å². The average molecular weight is 445 g/mol. The standard InChI is InChI=1S/C23H22Cl2N2O3/c1-30-20-13-16(7-10-18(20)25)19(28)14-27-22(29)21(15-5-8-17(24)9-6-15)26-23(27)11-3-2-4-12-23/h5-10,13H,2-4,11-12,14H2,1H3. The molecule has 0 unspecified atom stereocenters. The molecule has 0 bridgehead atoms. The van der Waals surface area contributed by atoms with Gasteiger partial charge in [0.15, 0.2) is 5.78 Å². The molecule has 156 valence electrons. The van der Waals surface area contributed by atoms with Crippen LogP contribution in [-0.4, -0.2) is 41.6 Å². The molecular formula is C23H22Cl2N2O3. The van der Waals surface area contributed by atoms with Crippen LogP contribution in [0.2, 0.25) is 10.0 Å². The first-order valence-electron chi connectivity index (χ1n) is 9.98. The van der Waals surface area contributed by atoms with Crippen molar-refractivity contribution in [2.45, 2.75) is 37.8 Å². The lowest BCUT2D eigenvalue weighted by Gasteiger charge is -2.38. The molecule has 1 heterocycles. The number of ether oxygens (including phenoxy) is 1. The molecule has 0 saturated heterocycles. The average Bonchev–Trinajstić information content (AvgIpc) is 3.01. The Kier molecular flexibility index (Phi) is 5.85. The molecule has 0 atom stereocenters. The molecule has 0 aromatic heterocycles. The zero-order chi connectivity index (χ0) is 21.3. The number of hydrogen-bond donors (Lipinski definition) is 0. The van der Waals surface area contributed by atoms with Gasteiger partial charge in [-0.25, -0.2) is 0 Å². The van der Waals surface area contributed by atoms with Crippen molar-refractivity contribution in [2.75, 3.05) is 13.7 Å². The van der Waals surface area contributed by atoms with Crippen LogP contribution >= 0.6 is 23.2 Å². The summed E-state index contributed by atoms with van der Waals surface area (Å²) in [5.41, 5.74) is 0.915. The number of ketones is 1. The van der Waals surface area contributed by atoms with Gasteiger partial charge in [0.1, 0.15) is 17.1 Å². The van der Waals surface area contributed by atoms with Crippen LogP contribution < -0.4 is 4.74 Å². The summed E-state index contributed by atoms with van der Waals surface area (Å²) in [6.45, 7) is -0.0375. The fourth-order valence-electron chi connectivity index (χ4n) is 4.22. The van der Waals surface area contributed by atoms with Crippen molar-refractivity contribution in [1.29, 1.82) is 0 Å². The molecule has 0 N–H and O–H groups in total. The maximum Gasteiger partial charge on any atom is 0.275 e. The van der Waals surface area contributed by atoms with Crippen LogP contribution in [0.1, 0.15) is 48.0 Å². The summed E-state index contributed by atoms with van der Waals surface area (Å²) in [5, 5.41) is 1.03. The van der Waals surface area contributed by atoms with E-state index in [0.29, 0.717) is 27.1 Å². The number of aliphatic imine (C=N–C) groups is 1. The van der Waals surface area contributed by atoms with E-state index in [1.54, 1.807) is 47.4 Å². The maximum absolute atomic E-state index is 13.4. The maximum atomic E-state index is 13.4. The highest BCUT2D eigenvalue weighted by molar-refractivity contribution is 6.47. The number of hydrogen-bond acceptors (Lipinski definition) is 4. The van der Waals surface area contributed by atoms with Gasteiger partial charge >= 0.3 is 0 Å². The molecule has 7 heteroatoms. The summed E-state index contributed by atoms with van der Waals surface area (Å²) in [4.78, 5) is 33.0. The Bertz CT molecular complexity index is 1010. The van der Waals surface area contributed by atoms with Gasteiger partial charge in [-0.3, -0.25) is 14.6 Å². The molecule has 1 spiro atoms. The fourth-order valence-corrected chi connectivity index (χ4v) is 4.54. The lowest BCUT2D eigenvalue weighted by atomic mass is 9.88. The minimum Gasteiger partial charge on any atom is -0.495 e. The number of Topliss-reactive ketones (excluding diaryl/α,β-unsaturated/α-hetero) is 1. The summed E-state index contributed by atoms with van der Waals surface area (Å²) in [5.74, 6) is 0.0464. The molecular weight excluding hydrogens is 423 g/mol. The van der Waals surface area contributed by atoms with Gasteiger partial charge in [0.2, 0.25) is 0 Å². The zero-order valence-electron chi connectivity index (χ0n) is 16.7. The van der Waals surface area contributed by atoms with Crippen LogP contribution in [0.3, 0.4) is 0 Å². The first-order valence-corrected chi connectivity index (χ1v) is 10.7. The lowest BCUT2D eigenvalue weighted by molar-refractivity contribution is -0.128. The molecule has 1 amide bonds. The Labute approximate surface area is 185 Å². The highest BCUT2D eigenvalue weighted by Gasteiger charge is 2.48. The summed E-state index contributed by atoms with van der Waals surface area (Å²) in [7, 11) is 1.50. The van der Waals surface area contributed by atoms with Gasteiger partial charge < -0.3 is 9.64 Å². The van der Waals surface area contributed by atoms with E-state index in [4.69, 9.17) is 32.9 Å². The number of nitrogens with zero attached hydrogens (tertiary/aromatic N) is 2. The van der Waals surface area contributed by atoms with Crippen molar-refractivity contribution >= 4 is 40.6 Å². The van der Waals surface area contributed by atoms with E-state index >= 15 is 0 Å². The molecule has 2 aromatic rings. The Morgan fingerprint density at radius 1 is 1.10 bits per heavy atom. The van der Waals surface area contributed by atoms with Crippen molar-refractivity contribution in [3.05, 3.63) is 63.6 Å². The van der Waals surface area contributed by atoms with Crippen molar-refractivity contribution in [3.63, 3.8) is 0 Å². The second-order valence-corrected chi connectivity index (χ2v) is 8.52. The van der Waals surface area contributed by atoms with E-state index in [1.165, 1.54) is 7.11 Å². The first-order chi connectivity index (χ1) is 14.4. The largest absolute Gasteiger partial charge is 0.495 e. The molecule has 1 aliphatic heterocycles. The Hall–Kier alpha value is -2.37. The van der Waals surface area contributed by atoms with E-state index in [1.807, 2.05) is 0 Å². The number of methoxy groups -OCH3 is 1. The van der Waals surface area contributed by atoms with E-state index in [0.717, 1.165) is 37.7 Å². The van der Waals surface area contributed by atoms with Gasteiger partial charge in [0, 0.05) is 16.1 Å². The Morgan fingerprint density at radius 3 is 2.47 bits per heavy atom. The molecule has 4 rings (SSSR count). The van der Waals surface area contributed by atoms with Gasteiger partial charge in [-0.1, -0.05) is 41.8 Å². The highest BCUT2D eigenvalue weighted by atomic mass is 35.5. The Balaban J connectivity index is 1.65. The molecule has 1 aliphatic carbocycles. The van der Waals surface area contributed by atoms with Crippen molar-refractivity contribution in [1.82, 2.24) is 4.90 Å². The smallest absolute Gasteiger partial charge is 0.275 e. The van der Waals surface area contributed by atoms with Crippen LogP contribution in [0, 0.1) is 0 Å². The lowest BCUT2D eigenvalue weighted by Crippen LogP contribution is -2.50. The molecule has 2 aliphatic rings. The van der Waals surface area contributed by atoms with Crippen LogP contribution in [0.15, 0.2) is 47.5 Å². The predicted molar refractivity (Wildman–Crippen MR) is 118 cm³/mol. The fraction of sp³-hybridized carbons (Fsp3) is 0.348. The minimum absolute atomic E-state index is 0.0375. The van der Waals surface area contributed by atoms with E-state index in [9.17, 15) is 9.59 Å². The van der Waals surface area contributed by atoms with E-state index in [-0.39, 0.29) is 18.2 Å². The normalized spacial score (nSPS) is 17.9. The molecule has 30 heavy (non-hydrogen) atoms. The monoisotopic (exact) mass is 444 g/mol. The quantitative estimate of drug-likeness (QED) is 0.597. The third kappa shape index (κ3) is 3.84. The highest BCUT2D eigenvalue weighted by Crippen LogP contribution is 2.40. The van der Waals surface area contributed by atoms with E-state index < -0.39 is 5.66 Å². The summed E-state index contributed by atoms with van der Waals surface area (Å²) < 4.78 is 5.22. The number of carbonyl (C=O) groups is 2. The van der Waals surface area contributed by atoms with Crippen LogP contribution in [0.4, 0.5) is 0 Å². The summed E-state index contributed by atoms with van der Waals surface area (Å²) >= 11 is 12.1. The van der Waals surface area contributed by atoms with Crippen LogP contribution in [-0.2, 0) is 4.79 Å². The van der Waals surface area contributed by atoms with Crippen molar-refractivity contribution < 1.29 is 14.3 Å². The van der Waals surface area contributed by atoms with Crippen molar-refractivity contribution in [2.24, 2.45) is 4.99 Å². The molecule has 1 fully saturated rings. The minimum atomic E-state index is -0.656. The molecule has 5 nitrogen and oxygen atoms in total. The molecule has 0 radical (unpaired) electrons. The number of halogens is 2. The Morgan fingerprint density at radius 2 is 1.80 bits per heavy atom. The van der Waals surface area contributed by atoms with Gasteiger partial charge in [-0.2, -0.15) is 0 Å². The number of rotatable bonds is 5. The van der Waals surface area contributed by atoms with Gasteiger partial charge in [0.25, 0.3) is 5.91 Å². The topological polar surface area (TPSA) is 59.0 Å². The SMILES string of the molecule is COc1cc(C(=O)CN2C(=O)C(c3ccc(Cl)cc3)=NC23CCCCC3)ccc1Cl. The predicted octanol–water partition coefficient (Wildman–Crippen LogP) is 5.18. The zero-order valence-corrected chi connectivity index (χ0v) is 18.2. The second kappa shape index (κ2) is 8.40. The first kappa shape index (κ1) is 20.9.